The molecule has 1 N–H and O–H groups in total. The summed E-state index contributed by atoms with van der Waals surface area (Å²) in [5.74, 6) is 0. The molecule has 2 aromatic heterocycles. The van der Waals surface area contributed by atoms with Gasteiger partial charge in [0.1, 0.15) is 0 Å². The van der Waals surface area contributed by atoms with E-state index in [0.29, 0.717) is 6.04 Å². The van der Waals surface area contributed by atoms with E-state index in [1.807, 2.05) is 13.4 Å². The Kier molecular flexibility index (Phi) is 4.16. The minimum atomic E-state index is 0.611. The van der Waals surface area contributed by atoms with Gasteiger partial charge in [0, 0.05) is 18.9 Å². The predicted octanol–water partition coefficient (Wildman–Crippen LogP) is 2.35. The maximum Gasteiger partial charge on any atom is 0.0953 e. The molecular formula is C15H23N5. The van der Waals surface area contributed by atoms with Crippen molar-refractivity contribution in [3.63, 3.8) is 0 Å². The quantitative estimate of drug-likeness (QED) is 0.909. The first-order valence-electron chi connectivity index (χ1n) is 7.54. The Balaban J connectivity index is 1.63. The molecule has 5 nitrogen and oxygen atoms in total. The molecule has 0 unspecified atom stereocenters. The largest absolute Gasteiger partial charge is 0.331 e. The minimum Gasteiger partial charge on any atom is -0.331 e. The molecule has 0 saturated heterocycles. The third-order valence-corrected chi connectivity index (χ3v) is 4.00. The normalized spacial score (nSPS) is 16.6. The highest BCUT2D eigenvalue weighted by atomic mass is 15.3. The maximum atomic E-state index is 4.74. The van der Waals surface area contributed by atoms with Crippen molar-refractivity contribution in [2.75, 3.05) is 7.05 Å². The van der Waals surface area contributed by atoms with Gasteiger partial charge in [-0.25, -0.2) is 4.98 Å². The van der Waals surface area contributed by atoms with Crippen molar-refractivity contribution in [1.29, 1.82) is 0 Å². The second kappa shape index (κ2) is 6.22. The lowest BCUT2D eigenvalue weighted by Crippen LogP contribution is -2.13. The molecule has 2 heterocycles. The Hall–Kier alpha value is -1.62. The Labute approximate surface area is 120 Å². The van der Waals surface area contributed by atoms with Crippen LogP contribution in [0.3, 0.4) is 0 Å². The van der Waals surface area contributed by atoms with E-state index in [1.165, 1.54) is 32.1 Å². The average Bonchev–Trinajstić information content (AvgIpc) is 3.11. The SMILES string of the molecule is CNCc1cn(Cc2ccn(C3CCCCC3)n2)cn1. The number of nitrogens with one attached hydrogen (secondary N) is 1. The van der Waals surface area contributed by atoms with Crippen LogP contribution < -0.4 is 5.32 Å². The molecule has 5 heteroatoms. The Morgan fingerprint density at radius 1 is 1.25 bits per heavy atom. The lowest BCUT2D eigenvalue weighted by atomic mass is 9.96. The standard InChI is InChI=1S/C15H23N5/c1-16-9-14-11-19(12-17-14)10-13-7-8-20(18-13)15-5-3-2-4-6-15/h7-8,11-12,15-16H,2-6,9-10H2,1H3. The smallest absolute Gasteiger partial charge is 0.0953 e. The fourth-order valence-electron chi connectivity index (χ4n) is 2.96. The molecule has 20 heavy (non-hydrogen) atoms. The third kappa shape index (κ3) is 3.10. The fourth-order valence-corrected chi connectivity index (χ4v) is 2.96. The molecule has 1 aliphatic rings. The molecule has 0 spiro atoms. The molecule has 1 fully saturated rings. The molecule has 1 saturated carbocycles. The van der Waals surface area contributed by atoms with Crippen molar-refractivity contribution in [2.45, 2.75) is 51.2 Å². The van der Waals surface area contributed by atoms with Gasteiger partial charge in [0.2, 0.25) is 0 Å². The topological polar surface area (TPSA) is 47.7 Å². The molecule has 108 valence electrons. The lowest BCUT2D eigenvalue weighted by Gasteiger charge is -2.21. The van der Waals surface area contributed by atoms with Gasteiger partial charge >= 0.3 is 0 Å². The molecule has 1 aliphatic carbocycles. The summed E-state index contributed by atoms with van der Waals surface area (Å²) in [6.07, 6.45) is 12.7. The van der Waals surface area contributed by atoms with Gasteiger partial charge in [-0.15, -0.1) is 0 Å². The van der Waals surface area contributed by atoms with E-state index < -0.39 is 0 Å². The second-order valence-electron chi connectivity index (χ2n) is 5.65. The van der Waals surface area contributed by atoms with Gasteiger partial charge in [0.25, 0.3) is 0 Å². The summed E-state index contributed by atoms with van der Waals surface area (Å²) in [7, 11) is 1.94. The third-order valence-electron chi connectivity index (χ3n) is 4.00. The van der Waals surface area contributed by atoms with Crippen molar-refractivity contribution < 1.29 is 0 Å². The van der Waals surface area contributed by atoms with E-state index in [4.69, 9.17) is 5.10 Å². The van der Waals surface area contributed by atoms with Crippen molar-refractivity contribution in [2.24, 2.45) is 0 Å². The van der Waals surface area contributed by atoms with Gasteiger partial charge in [-0.05, 0) is 26.0 Å². The Bertz CT molecular complexity index is 536. The van der Waals surface area contributed by atoms with E-state index in [1.54, 1.807) is 0 Å². The van der Waals surface area contributed by atoms with Gasteiger partial charge in [0.15, 0.2) is 0 Å². The number of hydrogen-bond donors (Lipinski definition) is 1. The van der Waals surface area contributed by atoms with Crippen molar-refractivity contribution in [3.8, 4) is 0 Å². The lowest BCUT2D eigenvalue weighted by molar-refractivity contribution is 0.328. The number of hydrogen-bond acceptors (Lipinski definition) is 3. The van der Waals surface area contributed by atoms with Crippen LogP contribution >= 0.6 is 0 Å². The van der Waals surface area contributed by atoms with Crippen LogP contribution in [-0.4, -0.2) is 26.4 Å². The molecular weight excluding hydrogens is 250 g/mol. The first-order valence-corrected chi connectivity index (χ1v) is 7.54. The molecule has 2 aromatic rings. The Morgan fingerprint density at radius 3 is 2.90 bits per heavy atom. The van der Waals surface area contributed by atoms with Crippen molar-refractivity contribution in [1.82, 2.24) is 24.6 Å². The highest BCUT2D eigenvalue weighted by Gasteiger charge is 2.16. The second-order valence-corrected chi connectivity index (χ2v) is 5.65. The molecule has 0 aliphatic heterocycles. The van der Waals surface area contributed by atoms with Gasteiger partial charge in [-0.1, -0.05) is 19.3 Å². The predicted molar refractivity (Wildman–Crippen MR) is 78.4 cm³/mol. The van der Waals surface area contributed by atoms with Gasteiger partial charge in [-0.2, -0.15) is 5.10 Å². The van der Waals surface area contributed by atoms with Gasteiger partial charge < -0.3 is 9.88 Å². The zero-order valence-corrected chi connectivity index (χ0v) is 12.1. The van der Waals surface area contributed by atoms with Crippen LogP contribution in [0.4, 0.5) is 0 Å². The van der Waals surface area contributed by atoms with Crippen LogP contribution in [0.2, 0.25) is 0 Å². The summed E-state index contributed by atoms with van der Waals surface area (Å²) in [6, 6.07) is 2.74. The number of rotatable bonds is 5. The summed E-state index contributed by atoms with van der Waals surface area (Å²) in [4.78, 5) is 4.36. The van der Waals surface area contributed by atoms with Crippen LogP contribution in [0.5, 0.6) is 0 Å². The molecule has 3 rings (SSSR count). The number of imidazole rings is 1. The Morgan fingerprint density at radius 2 is 2.10 bits per heavy atom. The van der Waals surface area contributed by atoms with E-state index in [0.717, 1.165) is 24.5 Å². The van der Waals surface area contributed by atoms with E-state index in [-0.39, 0.29) is 0 Å². The van der Waals surface area contributed by atoms with E-state index >= 15 is 0 Å². The summed E-state index contributed by atoms with van der Waals surface area (Å²) >= 11 is 0. The van der Waals surface area contributed by atoms with Crippen LogP contribution in [0.15, 0.2) is 24.8 Å². The average molecular weight is 273 g/mol. The van der Waals surface area contributed by atoms with Crippen LogP contribution in [-0.2, 0) is 13.1 Å². The zero-order valence-electron chi connectivity index (χ0n) is 12.1. The summed E-state index contributed by atoms with van der Waals surface area (Å²) in [5, 5.41) is 7.85. The molecule has 0 atom stereocenters. The summed E-state index contributed by atoms with van der Waals surface area (Å²) in [5.41, 5.74) is 2.18. The van der Waals surface area contributed by atoms with Crippen LogP contribution in [0.25, 0.3) is 0 Å². The summed E-state index contributed by atoms with van der Waals surface area (Å²) < 4.78 is 4.26. The molecule has 0 bridgehead atoms. The molecule has 0 radical (unpaired) electrons. The zero-order chi connectivity index (χ0) is 13.8. The minimum absolute atomic E-state index is 0.611. The van der Waals surface area contributed by atoms with E-state index in [9.17, 15) is 0 Å². The molecule has 0 aromatic carbocycles. The number of aromatic nitrogens is 4. The van der Waals surface area contributed by atoms with Crippen LogP contribution in [0.1, 0.15) is 49.5 Å². The number of nitrogens with zero attached hydrogens (tertiary/aromatic N) is 4. The monoisotopic (exact) mass is 273 g/mol. The van der Waals surface area contributed by atoms with Crippen molar-refractivity contribution >= 4 is 0 Å². The highest BCUT2D eigenvalue weighted by Crippen LogP contribution is 2.27. The first-order chi connectivity index (χ1) is 9.85. The fraction of sp³-hybridized carbons (Fsp3) is 0.600. The van der Waals surface area contributed by atoms with Crippen LogP contribution in [0, 0.1) is 0 Å². The maximum absolute atomic E-state index is 4.74. The van der Waals surface area contributed by atoms with E-state index in [2.05, 4.69) is 38.0 Å². The van der Waals surface area contributed by atoms with Gasteiger partial charge in [-0.3, -0.25) is 4.68 Å². The first kappa shape index (κ1) is 13.4. The van der Waals surface area contributed by atoms with Gasteiger partial charge in [0.05, 0.1) is 30.3 Å². The summed E-state index contributed by atoms with van der Waals surface area (Å²) in [6.45, 7) is 1.61. The highest BCUT2D eigenvalue weighted by molar-refractivity contribution is 5.04. The molecule has 0 amide bonds. The van der Waals surface area contributed by atoms with Crippen molar-refractivity contribution in [3.05, 3.63) is 36.2 Å².